The van der Waals surface area contributed by atoms with Crippen LogP contribution in [-0.2, 0) is 0 Å². The molecule has 19 heavy (non-hydrogen) atoms. The molecule has 0 aromatic heterocycles. The molecule has 2 aromatic rings. The summed E-state index contributed by atoms with van der Waals surface area (Å²) in [5.74, 6) is -0.633. The van der Waals surface area contributed by atoms with Gasteiger partial charge in [-0.05, 0) is 37.3 Å². The average molecular weight is 272 g/mol. The van der Waals surface area contributed by atoms with Gasteiger partial charge in [-0.1, -0.05) is 29.3 Å². The highest BCUT2D eigenvalue weighted by Crippen LogP contribution is 2.30. The maximum Gasteiger partial charge on any atom is 0.266 e. The van der Waals surface area contributed by atoms with E-state index in [4.69, 9.17) is 11.6 Å². The molecule has 0 unspecified atom stereocenters. The van der Waals surface area contributed by atoms with Gasteiger partial charge in [-0.2, -0.15) is 0 Å². The molecule has 1 aliphatic rings. The number of carbonyl (C=O) groups is 2. The van der Waals surface area contributed by atoms with Crippen LogP contribution in [0.1, 0.15) is 26.3 Å². The highest BCUT2D eigenvalue weighted by atomic mass is 35.5. The third-order valence-electron chi connectivity index (χ3n) is 3.14. The highest BCUT2D eigenvalue weighted by molar-refractivity contribution is 6.36. The highest BCUT2D eigenvalue weighted by Gasteiger charge is 2.36. The van der Waals surface area contributed by atoms with E-state index in [2.05, 4.69) is 0 Å². The van der Waals surface area contributed by atoms with E-state index >= 15 is 0 Å². The lowest BCUT2D eigenvalue weighted by Crippen LogP contribution is -2.29. The van der Waals surface area contributed by atoms with Crippen molar-refractivity contribution in [2.45, 2.75) is 6.92 Å². The predicted octanol–water partition coefficient (Wildman–Crippen LogP) is 3.45. The largest absolute Gasteiger partial charge is 0.268 e. The number of nitrogens with zero attached hydrogens (tertiary/aromatic N) is 1. The Hall–Kier alpha value is -2.13. The lowest BCUT2D eigenvalue weighted by Gasteiger charge is -2.13. The maximum atomic E-state index is 12.3. The summed E-state index contributed by atoms with van der Waals surface area (Å²) in [5.41, 5.74) is 2.41. The van der Waals surface area contributed by atoms with Crippen molar-refractivity contribution in [3.05, 3.63) is 64.2 Å². The molecular weight excluding hydrogens is 262 g/mol. The van der Waals surface area contributed by atoms with Crippen molar-refractivity contribution in [1.82, 2.24) is 0 Å². The van der Waals surface area contributed by atoms with Gasteiger partial charge in [-0.25, -0.2) is 4.90 Å². The van der Waals surface area contributed by atoms with Gasteiger partial charge in [0.25, 0.3) is 11.8 Å². The Morgan fingerprint density at radius 1 is 0.895 bits per heavy atom. The number of fused-ring (bicyclic) bond motifs is 1. The molecule has 3 nitrogen and oxygen atoms in total. The lowest BCUT2D eigenvalue weighted by atomic mass is 10.1. The molecule has 0 fully saturated rings. The number of carbonyl (C=O) groups excluding carboxylic acids is 2. The topological polar surface area (TPSA) is 37.4 Å². The summed E-state index contributed by atoms with van der Waals surface area (Å²) in [4.78, 5) is 25.7. The molecule has 1 aliphatic heterocycles. The second-order valence-electron chi connectivity index (χ2n) is 4.47. The van der Waals surface area contributed by atoms with Crippen molar-refractivity contribution in [3.8, 4) is 0 Å². The summed E-state index contributed by atoms with van der Waals surface area (Å²) < 4.78 is 0. The van der Waals surface area contributed by atoms with Gasteiger partial charge in [0, 0.05) is 5.02 Å². The number of imide groups is 1. The van der Waals surface area contributed by atoms with Crippen LogP contribution >= 0.6 is 11.6 Å². The van der Waals surface area contributed by atoms with E-state index in [1.807, 2.05) is 19.1 Å². The normalized spacial score (nSPS) is 13.9. The molecule has 0 atom stereocenters. The lowest BCUT2D eigenvalue weighted by molar-refractivity contribution is 0.0926. The maximum absolute atomic E-state index is 12.3. The minimum absolute atomic E-state index is 0.305. The number of benzene rings is 2. The molecule has 2 amide bonds. The van der Waals surface area contributed by atoms with Gasteiger partial charge in [0.1, 0.15) is 0 Å². The molecule has 4 heteroatoms. The van der Waals surface area contributed by atoms with E-state index in [9.17, 15) is 9.59 Å². The second kappa shape index (κ2) is 4.21. The first kappa shape index (κ1) is 11.9. The number of anilines is 1. The molecule has 94 valence electrons. The van der Waals surface area contributed by atoms with Crippen LogP contribution in [-0.4, -0.2) is 11.8 Å². The van der Waals surface area contributed by atoms with E-state index < -0.39 is 0 Å². The molecular formula is C15H10ClNO2. The number of aryl methyl sites for hydroxylation is 1. The Balaban J connectivity index is 2.10. The van der Waals surface area contributed by atoms with Crippen molar-refractivity contribution in [3.63, 3.8) is 0 Å². The van der Waals surface area contributed by atoms with E-state index in [0.717, 1.165) is 5.56 Å². The van der Waals surface area contributed by atoms with Gasteiger partial charge in [-0.15, -0.1) is 0 Å². The smallest absolute Gasteiger partial charge is 0.266 e. The Bertz CT molecular complexity index is 692. The molecule has 0 N–H and O–H groups in total. The zero-order chi connectivity index (χ0) is 13.6. The number of amides is 2. The number of rotatable bonds is 1. The van der Waals surface area contributed by atoms with Gasteiger partial charge in [0.2, 0.25) is 0 Å². The number of hydrogen-bond donors (Lipinski definition) is 0. The van der Waals surface area contributed by atoms with E-state index in [-0.39, 0.29) is 11.8 Å². The van der Waals surface area contributed by atoms with E-state index in [0.29, 0.717) is 21.8 Å². The van der Waals surface area contributed by atoms with Crippen LogP contribution in [0.3, 0.4) is 0 Å². The molecule has 0 saturated carbocycles. The van der Waals surface area contributed by atoms with Crippen molar-refractivity contribution >= 4 is 29.1 Å². The molecule has 1 heterocycles. The summed E-state index contributed by atoms with van der Waals surface area (Å²) in [6, 6.07) is 12.0. The van der Waals surface area contributed by atoms with Crippen LogP contribution in [0.2, 0.25) is 5.02 Å². The molecule has 0 saturated heterocycles. The first-order valence-corrected chi connectivity index (χ1v) is 6.21. The molecule has 2 aromatic carbocycles. The predicted molar refractivity (Wildman–Crippen MR) is 73.8 cm³/mol. The Labute approximate surface area is 115 Å². The standard InChI is InChI=1S/C15H10ClNO2/c1-9-2-5-11(6-3-9)17-14(18)12-7-4-10(16)8-13(12)15(17)19/h2-8H,1H3. The summed E-state index contributed by atoms with van der Waals surface area (Å²) in [6.45, 7) is 1.95. The van der Waals surface area contributed by atoms with Gasteiger partial charge in [0.05, 0.1) is 16.8 Å². The van der Waals surface area contributed by atoms with Crippen molar-refractivity contribution in [2.24, 2.45) is 0 Å². The molecule has 0 aliphatic carbocycles. The van der Waals surface area contributed by atoms with Gasteiger partial charge < -0.3 is 0 Å². The Morgan fingerprint density at radius 2 is 1.53 bits per heavy atom. The van der Waals surface area contributed by atoms with Crippen LogP contribution in [0.4, 0.5) is 5.69 Å². The van der Waals surface area contributed by atoms with Crippen molar-refractivity contribution in [2.75, 3.05) is 4.90 Å². The first-order chi connectivity index (χ1) is 9.08. The van der Waals surface area contributed by atoms with Crippen LogP contribution in [0.25, 0.3) is 0 Å². The molecule has 3 rings (SSSR count). The van der Waals surface area contributed by atoms with Crippen LogP contribution in [0, 0.1) is 6.92 Å². The SMILES string of the molecule is Cc1ccc(N2C(=O)c3ccc(Cl)cc3C2=O)cc1. The summed E-state index contributed by atoms with van der Waals surface area (Å²) in [7, 11) is 0. The van der Waals surface area contributed by atoms with Crippen LogP contribution in [0.5, 0.6) is 0 Å². The third kappa shape index (κ3) is 1.83. The summed E-state index contributed by atoms with van der Waals surface area (Å²) in [5, 5.41) is 0.450. The zero-order valence-corrected chi connectivity index (χ0v) is 10.9. The van der Waals surface area contributed by atoms with Gasteiger partial charge in [-0.3, -0.25) is 9.59 Å². The third-order valence-corrected chi connectivity index (χ3v) is 3.38. The average Bonchev–Trinajstić information content (AvgIpc) is 2.63. The second-order valence-corrected chi connectivity index (χ2v) is 4.91. The summed E-state index contributed by atoms with van der Waals surface area (Å²) in [6.07, 6.45) is 0. The molecule has 0 bridgehead atoms. The van der Waals surface area contributed by atoms with Crippen molar-refractivity contribution in [1.29, 1.82) is 0 Å². The minimum Gasteiger partial charge on any atom is -0.268 e. The van der Waals surface area contributed by atoms with E-state index in [1.54, 1.807) is 24.3 Å². The number of hydrogen-bond acceptors (Lipinski definition) is 2. The number of halogens is 1. The van der Waals surface area contributed by atoms with Gasteiger partial charge >= 0.3 is 0 Å². The fourth-order valence-electron chi connectivity index (χ4n) is 2.14. The Morgan fingerprint density at radius 3 is 2.21 bits per heavy atom. The Kier molecular flexibility index (Phi) is 2.64. The molecule has 0 spiro atoms. The van der Waals surface area contributed by atoms with Crippen LogP contribution in [0.15, 0.2) is 42.5 Å². The fraction of sp³-hybridized carbons (Fsp3) is 0.0667. The first-order valence-electron chi connectivity index (χ1n) is 5.83. The monoisotopic (exact) mass is 271 g/mol. The summed E-state index contributed by atoms with van der Waals surface area (Å²) >= 11 is 5.87. The fourth-order valence-corrected chi connectivity index (χ4v) is 2.31. The minimum atomic E-state index is -0.327. The van der Waals surface area contributed by atoms with E-state index in [1.165, 1.54) is 11.0 Å². The van der Waals surface area contributed by atoms with Crippen molar-refractivity contribution < 1.29 is 9.59 Å². The van der Waals surface area contributed by atoms with Crippen LogP contribution < -0.4 is 4.90 Å². The quantitative estimate of drug-likeness (QED) is 0.745. The molecule has 0 radical (unpaired) electrons. The zero-order valence-electron chi connectivity index (χ0n) is 10.2. The van der Waals surface area contributed by atoms with Gasteiger partial charge in [0.15, 0.2) is 0 Å².